The van der Waals surface area contributed by atoms with E-state index in [4.69, 9.17) is 9.47 Å². The molecule has 1 aromatic rings. The van der Waals surface area contributed by atoms with Crippen molar-refractivity contribution in [2.45, 2.75) is 62.0 Å². The largest absolute Gasteiger partial charge is 0.496 e. The first-order valence-electron chi connectivity index (χ1n) is 10.3. The van der Waals surface area contributed by atoms with Gasteiger partial charge in [-0.1, -0.05) is 12.1 Å². The second-order valence-electron chi connectivity index (χ2n) is 9.49. The second kappa shape index (κ2) is 4.90. The van der Waals surface area contributed by atoms with Gasteiger partial charge in [0.15, 0.2) is 6.73 Å². The van der Waals surface area contributed by atoms with E-state index < -0.39 is 0 Å². The molecule has 2 aliphatic heterocycles. The molecule has 0 N–H and O–H groups in total. The first kappa shape index (κ1) is 15.6. The molecule has 4 heteroatoms. The van der Waals surface area contributed by atoms with E-state index in [2.05, 4.69) is 18.2 Å². The molecule has 4 fully saturated rings. The molecule has 4 bridgehead atoms. The van der Waals surface area contributed by atoms with Crippen LogP contribution >= 0.6 is 0 Å². The molecule has 5 aliphatic rings. The highest BCUT2D eigenvalue weighted by Gasteiger charge is 2.75. The summed E-state index contributed by atoms with van der Waals surface area (Å²) in [5, 5.41) is 0. The Labute approximate surface area is 155 Å². The standard InChI is InChI=1S/C22H28NO3/c1-25-18-4-2-3-16-11-19-22-8-7-17(24)12-21(22,20(16)18)9-10-23(19,14-26-22)13-15-5-6-15/h2-4,15,19H,5-14H2,1H3/q+1/t19?,21?,22-,23?/m1/s1. The number of hydrogen-bond acceptors (Lipinski definition) is 3. The summed E-state index contributed by atoms with van der Waals surface area (Å²) in [7, 11) is 1.77. The molecule has 1 spiro atoms. The van der Waals surface area contributed by atoms with Gasteiger partial charge in [-0.05, 0) is 30.9 Å². The maximum absolute atomic E-state index is 12.7. The third-order valence-corrected chi connectivity index (χ3v) is 8.39. The summed E-state index contributed by atoms with van der Waals surface area (Å²) in [5.74, 6) is 2.27. The van der Waals surface area contributed by atoms with Gasteiger partial charge < -0.3 is 9.47 Å². The number of quaternary nitrogens is 1. The topological polar surface area (TPSA) is 35.5 Å². The van der Waals surface area contributed by atoms with E-state index in [1.54, 1.807) is 7.11 Å². The number of hydrogen-bond donors (Lipinski definition) is 0. The molecule has 2 saturated heterocycles. The van der Waals surface area contributed by atoms with E-state index in [1.807, 2.05) is 0 Å². The summed E-state index contributed by atoms with van der Waals surface area (Å²) in [5.41, 5.74) is 2.38. The van der Waals surface area contributed by atoms with Crippen LogP contribution in [0.4, 0.5) is 0 Å². The predicted octanol–water partition coefficient (Wildman–Crippen LogP) is 2.97. The zero-order chi connectivity index (χ0) is 17.6. The van der Waals surface area contributed by atoms with Crippen LogP contribution in [0.2, 0.25) is 0 Å². The summed E-state index contributed by atoms with van der Waals surface area (Å²) in [6.45, 7) is 3.30. The highest BCUT2D eigenvalue weighted by molar-refractivity contribution is 5.83. The van der Waals surface area contributed by atoms with Crippen LogP contribution in [0, 0.1) is 5.92 Å². The zero-order valence-corrected chi connectivity index (χ0v) is 15.6. The minimum atomic E-state index is -0.172. The number of Topliss-reactive ketones (excluding diaryl/α,β-unsaturated/α-hetero) is 1. The normalized spacial score (nSPS) is 43.0. The Bertz CT molecular complexity index is 803. The quantitative estimate of drug-likeness (QED) is 0.783. The molecule has 3 unspecified atom stereocenters. The van der Waals surface area contributed by atoms with Gasteiger partial charge >= 0.3 is 0 Å². The number of fused-ring (bicyclic) bond motifs is 1. The second-order valence-corrected chi connectivity index (χ2v) is 9.49. The number of ketones is 1. The van der Waals surface area contributed by atoms with E-state index >= 15 is 0 Å². The van der Waals surface area contributed by atoms with E-state index in [9.17, 15) is 4.79 Å². The lowest BCUT2D eigenvalue weighted by molar-refractivity contribution is -0.953. The average molecular weight is 354 g/mol. The number of benzene rings is 1. The molecule has 26 heavy (non-hydrogen) atoms. The number of carbonyl (C=O) groups is 1. The third kappa shape index (κ3) is 1.71. The van der Waals surface area contributed by atoms with Crippen molar-refractivity contribution < 1.29 is 18.8 Å². The molecule has 3 aliphatic carbocycles. The molecular weight excluding hydrogens is 326 g/mol. The maximum Gasteiger partial charge on any atom is 0.184 e. The fourth-order valence-electron chi connectivity index (χ4n) is 7.18. The Kier molecular flexibility index (Phi) is 2.95. The Morgan fingerprint density at radius 2 is 2.19 bits per heavy atom. The van der Waals surface area contributed by atoms with Crippen molar-refractivity contribution in [3.63, 3.8) is 0 Å². The monoisotopic (exact) mass is 354 g/mol. The Hall–Kier alpha value is -1.39. The molecule has 4 atom stereocenters. The number of ether oxygens (including phenoxy) is 2. The molecule has 138 valence electrons. The first-order chi connectivity index (χ1) is 12.6. The molecule has 0 radical (unpaired) electrons. The minimum absolute atomic E-state index is 0.157. The molecule has 0 aromatic heterocycles. The molecule has 2 saturated carbocycles. The van der Waals surface area contributed by atoms with E-state index in [-0.39, 0.29) is 11.0 Å². The fourth-order valence-corrected chi connectivity index (χ4v) is 7.18. The van der Waals surface area contributed by atoms with E-state index in [1.165, 1.54) is 30.5 Å². The summed E-state index contributed by atoms with van der Waals surface area (Å²) >= 11 is 0. The SMILES string of the molecule is COc1cccc2c1C13CC[N+]4(CC5CC5)CO[C@]1(CCC(=O)C3)C4C2. The van der Waals surface area contributed by atoms with E-state index in [0.717, 1.165) is 48.7 Å². The van der Waals surface area contributed by atoms with Crippen molar-refractivity contribution in [3.8, 4) is 5.75 Å². The molecule has 1 aromatic carbocycles. The van der Waals surface area contributed by atoms with Crippen LogP contribution in [-0.4, -0.2) is 48.8 Å². The van der Waals surface area contributed by atoms with Crippen molar-refractivity contribution in [1.29, 1.82) is 0 Å². The fraction of sp³-hybridized carbons (Fsp3) is 0.682. The van der Waals surface area contributed by atoms with Gasteiger partial charge in [-0.15, -0.1) is 0 Å². The van der Waals surface area contributed by atoms with Gasteiger partial charge in [0, 0.05) is 42.6 Å². The number of carbonyl (C=O) groups excluding carboxylic acids is 1. The van der Waals surface area contributed by atoms with Gasteiger partial charge in [-0.2, -0.15) is 0 Å². The number of piperidine rings is 1. The van der Waals surface area contributed by atoms with Gasteiger partial charge in [0.25, 0.3) is 0 Å². The van der Waals surface area contributed by atoms with Gasteiger partial charge in [-0.3, -0.25) is 9.28 Å². The highest BCUT2D eigenvalue weighted by atomic mass is 16.5. The van der Waals surface area contributed by atoms with Crippen LogP contribution in [0.5, 0.6) is 5.75 Å². The Morgan fingerprint density at radius 3 is 3.00 bits per heavy atom. The lowest BCUT2D eigenvalue weighted by Gasteiger charge is -2.61. The molecule has 4 nitrogen and oxygen atoms in total. The number of rotatable bonds is 3. The zero-order valence-electron chi connectivity index (χ0n) is 15.6. The van der Waals surface area contributed by atoms with Crippen molar-refractivity contribution in [1.82, 2.24) is 0 Å². The van der Waals surface area contributed by atoms with Crippen molar-refractivity contribution in [3.05, 3.63) is 29.3 Å². The van der Waals surface area contributed by atoms with Crippen LogP contribution in [0.25, 0.3) is 0 Å². The van der Waals surface area contributed by atoms with Crippen molar-refractivity contribution in [2.75, 3.05) is 26.9 Å². The third-order valence-electron chi connectivity index (χ3n) is 8.39. The van der Waals surface area contributed by atoms with Gasteiger partial charge in [0.05, 0.1) is 20.2 Å². The van der Waals surface area contributed by atoms with Crippen LogP contribution in [0.15, 0.2) is 18.2 Å². The lowest BCUT2D eigenvalue weighted by Crippen LogP contribution is -2.74. The van der Waals surface area contributed by atoms with Crippen molar-refractivity contribution in [2.24, 2.45) is 5.92 Å². The van der Waals surface area contributed by atoms with E-state index in [0.29, 0.717) is 24.7 Å². The summed E-state index contributed by atoms with van der Waals surface area (Å²) in [6, 6.07) is 6.99. The van der Waals surface area contributed by atoms with Crippen LogP contribution < -0.4 is 4.74 Å². The molecule has 6 rings (SSSR count). The number of methoxy groups -OCH3 is 1. The smallest absolute Gasteiger partial charge is 0.184 e. The minimum Gasteiger partial charge on any atom is -0.496 e. The highest BCUT2D eigenvalue weighted by Crippen LogP contribution is 2.65. The molecule has 2 heterocycles. The predicted molar refractivity (Wildman–Crippen MR) is 97.0 cm³/mol. The molecule has 0 amide bonds. The van der Waals surface area contributed by atoms with Crippen molar-refractivity contribution >= 4 is 5.78 Å². The van der Waals surface area contributed by atoms with Crippen LogP contribution in [0.1, 0.15) is 49.7 Å². The average Bonchev–Trinajstić information content (AvgIpc) is 3.42. The van der Waals surface area contributed by atoms with Gasteiger partial charge in [-0.25, -0.2) is 0 Å². The van der Waals surface area contributed by atoms with Gasteiger partial charge in [0.1, 0.15) is 23.2 Å². The number of nitrogens with zero attached hydrogens (tertiary/aromatic N) is 1. The van der Waals surface area contributed by atoms with Gasteiger partial charge in [0.2, 0.25) is 0 Å². The summed E-state index contributed by atoms with van der Waals surface area (Å²) in [4.78, 5) is 12.7. The lowest BCUT2D eigenvalue weighted by atomic mass is 9.49. The summed E-state index contributed by atoms with van der Waals surface area (Å²) in [6.07, 6.45) is 7.16. The Balaban J connectivity index is 1.58. The maximum atomic E-state index is 12.7. The summed E-state index contributed by atoms with van der Waals surface area (Å²) < 4.78 is 13.8. The molecular formula is C22H28NO3+. The van der Waals surface area contributed by atoms with Crippen LogP contribution in [0.3, 0.4) is 0 Å². The van der Waals surface area contributed by atoms with Crippen LogP contribution in [-0.2, 0) is 21.4 Å². The Morgan fingerprint density at radius 1 is 1.31 bits per heavy atom. The first-order valence-corrected chi connectivity index (χ1v) is 10.3.